The van der Waals surface area contributed by atoms with Crippen LogP contribution in [0.15, 0.2) is 42.6 Å². The molecule has 0 saturated heterocycles. The largest absolute Gasteiger partial charge is 0.370 e. The van der Waals surface area contributed by atoms with Crippen molar-refractivity contribution in [3.05, 3.63) is 48.3 Å². The van der Waals surface area contributed by atoms with Crippen molar-refractivity contribution < 1.29 is 0 Å². The van der Waals surface area contributed by atoms with Crippen LogP contribution >= 0.6 is 0 Å². The number of hydrogen-bond donors (Lipinski definition) is 1. The van der Waals surface area contributed by atoms with E-state index >= 15 is 0 Å². The third-order valence-electron chi connectivity index (χ3n) is 3.36. The Labute approximate surface area is 124 Å². The first-order valence-electron chi connectivity index (χ1n) is 7.27. The van der Waals surface area contributed by atoms with E-state index in [1.54, 1.807) is 6.20 Å². The fourth-order valence-electron chi connectivity index (χ4n) is 2.29. The molecule has 0 fully saturated rings. The van der Waals surface area contributed by atoms with Crippen LogP contribution < -0.4 is 5.32 Å². The SMILES string of the molecule is CCNc1cc(CC)nc(-c2ccc3ncccc3c2)n1. The van der Waals surface area contributed by atoms with Gasteiger partial charge in [0, 0.05) is 35.5 Å². The third kappa shape index (κ3) is 2.84. The Kier molecular flexibility index (Phi) is 3.77. The third-order valence-corrected chi connectivity index (χ3v) is 3.36. The molecule has 3 rings (SSSR count). The Balaban J connectivity index is 2.10. The van der Waals surface area contributed by atoms with Crippen molar-refractivity contribution in [2.45, 2.75) is 20.3 Å². The molecular formula is C17H18N4. The van der Waals surface area contributed by atoms with Gasteiger partial charge in [-0.25, -0.2) is 9.97 Å². The van der Waals surface area contributed by atoms with E-state index in [4.69, 9.17) is 0 Å². The fourth-order valence-corrected chi connectivity index (χ4v) is 2.29. The second-order valence-electron chi connectivity index (χ2n) is 4.86. The van der Waals surface area contributed by atoms with Crippen molar-refractivity contribution in [3.8, 4) is 11.4 Å². The molecule has 4 nitrogen and oxygen atoms in total. The molecule has 0 spiro atoms. The minimum atomic E-state index is 0.760. The molecule has 0 aliphatic carbocycles. The molecule has 0 aliphatic heterocycles. The van der Waals surface area contributed by atoms with Gasteiger partial charge in [-0.15, -0.1) is 0 Å². The van der Waals surface area contributed by atoms with Crippen LogP contribution in [0.3, 0.4) is 0 Å². The molecule has 106 valence electrons. The van der Waals surface area contributed by atoms with E-state index in [0.29, 0.717) is 0 Å². The molecule has 1 aromatic carbocycles. The van der Waals surface area contributed by atoms with E-state index in [1.807, 2.05) is 24.3 Å². The Morgan fingerprint density at radius 2 is 1.95 bits per heavy atom. The molecule has 1 N–H and O–H groups in total. The maximum atomic E-state index is 4.64. The first kappa shape index (κ1) is 13.5. The molecule has 0 radical (unpaired) electrons. The molecule has 0 bridgehead atoms. The number of fused-ring (bicyclic) bond motifs is 1. The van der Waals surface area contributed by atoms with Gasteiger partial charge in [0.1, 0.15) is 5.82 Å². The molecule has 0 amide bonds. The van der Waals surface area contributed by atoms with Crippen LogP contribution in [-0.2, 0) is 6.42 Å². The standard InChI is InChI=1S/C17H18N4/c1-3-14-11-16(18-4-2)21-17(20-14)13-7-8-15-12(10-13)6-5-9-19-15/h5-11H,3-4H2,1-2H3,(H,18,20,21). The minimum absolute atomic E-state index is 0.760. The van der Waals surface area contributed by atoms with E-state index in [1.165, 1.54) is 0 Å². The van der Waals surface area contributed by atoms with Gasteiger partial charge in [-0.1, -0.05) is 13.0 Å². The van der Waals surface area contributed by atoms with Crippen LogP contribution in [0, 0.1) is 0 Å². The van der Waals surface area contributed by atoms with Gasteiger partial charge in [-0.3, -0.25) is 4.98 Å². The van der Waals surface area contributed by atoms with Gasteiger partial charge in [0.25, 0.3) is 0 Å². The summed E-state index contributed by atoms with van der Waals surface area (Å²) in [5.41, 5.74) is 3.05. The molecule has 2 aromatic heterocycles. The second kappa shape index (κ2) is 5.87. The molecule has 0 aliphatic rings. The summed E-state index contributed by atoms with van der Waals surface area (Å²) >= 11 is 0. The Hall–Kier alpha value is -2.49. The minimum Gasteiger partial charge on any atom is -0.370 e. The first-order valence-corrected chi connectivity index (χ1v) is 7.27. The van der Waals surface area contributed by atoms with E-state index < -0.39 is 0 Å². The lowest BCUT2D eigenvalue weighted by molar-refractivity contribution is 0.999. The zero-order valence-corrected chi connectivity index (χ0v) is 12.3. The average molecular weight is 278 g/mol. The fraction of sp³-hybridized carbons (Fsp3) is 0.235. The number of aryl methyl sites for hydroxylation is 1. The van der Waals surface area contributed by atoms with Gasteiger partial charge in [0.2, 0.25) is 0 Å². The Morgan fingerprint density at radius 3 is 2.76 bits per heavy atom. The van der Waals surface area contributed by atoms with Crippen molar-refractivity contribution >= 4 is 16.7 Å². The number of rotatable bonds is 4. The van der Waals surface area contributed by atoms with E-state index in [9.17, 15) is 0 Å². The first-order chi connectivity index (χ1) is 10.3. The second-order valence-corrected chi connectivity index (χ2v) is 4.86. The van der Waals surface area contributed by atoms with Crippen molar-refractivity contribution in [2.24, 2.45) is 0 Å². The van der Waals surface area contributed by atoms with Gasteiger partial charge >= 0.3 is 0 Å². The van der Waals surface area contributed by atoms with Crippen molar-refractivity contribution in [3.63, 3.8) is 0 Å². The Bertz CT molecular complexity index is 768. The van der Waals surface area contributed by atoms with Crippen LogP contribution in [0.2, 0.25) is 0 Å². The zero-order valence-electron chi connectivity index (χ0n) is 12.3. The topological polar surface area (TPSA) is 50.7 Å². The summed E-state index contributed by atoms with van der Waals surface area (Å²) in [5.74, 6) is 1.64. The predicted octanol–water partition coefficient (Wildman–Crippen LogP) is 3.69. The highest BCUT2D eigenvalue weighted by molar-refractivity contribution is 5.83. The summed E-state index contributed by atoms with van der Waals surface area (Å²) in [6.45, 7) is 5.02. The summed E-state index contributed by atoms with van der Waals surface area (Å²) in [6, 6.07) is 12.1. The van der Waals surface area contributed by atoms with Gasteiger partial charge in [0.05, 0.1) is 5.52 Å². The number of nitrogens with one attached hydrogen (secondary N) is 1. The summed E-state index contributed by atoms with van der Waals surface area (Å²) in [5, 5.41) is 4.37. The molecule has 0 atom stereocenters. The maximum absolute atomic E-state index is 4.64. The molecule has 2 heterocycles. The van der Waals surface area contributed by atoms with Gasteiger partial charge in [-0.05, 0) is 37.6 Å². The number of nitrogens with zero attached hydrogens (tertiary/aromatic N) is 3. The van der Waals surface area contributed by atoms with Crippen LogP contribution in [0.1, 0.15) is 19.5 Å². The van der Waals surface area contributed by atoms with Crippen LogP contribution in [0.5, 0.6) is 0 Å². The van der Waals surface area contributed by atoms with Crippen LogP contribution in [0.25, 0.3) is 22.3 Å². The highest BCUT2D eigenvalue weighted by Gasteiger charge is 2.07. The van der Waals surface area contributed by atoms with Gasteiger partial charge in [-0.2, -0.15) is 0 Å². The monoisotopic (exact) mass is 278 g/mol. The lowest BCUT2D eigenvalue weighted by atomic mass is 10.1. The summed E-state index contributed by atoms with van der Waals surface area (Å²) < 4.78 is 0. The highest BCUT2D eigenvalue weighted by Crippen LogP contribution is 2.22. The highest BCUT2D eigenvalue weighted by atomic mass is 15.0. The summed E-state index contributed by atoms with van der Waals surface area (Å²) in [4.78, 5) is 13.6. The maximum Gasteiger partial charge on any atom is 0.161 e. The predicted molar refractivity (Wildman–Crippen MR) is 86.3 cm³/mol. The zero-order chi connectivity index (χ0) is 14.7. The lowest BCUT2D eigenvalue weighted by Crippen LogP contribution is -2.03. The van der Waals surface area contributed by atoms with Gasteiger partial charge < -0.3 is 5.32 Å². The van der Waals surface area contributed by atoms with Crippen LogP contribution in [0.4, 0.5) is 5.82 Å². The van der Waals surface area contributed by atoms with Crippen LogP contribution in [-0.4, -0.2) is 21.5 Å². The van der Waals surface area contributed by atoms with E-state index in [2.05, 4.69) is 46.2 Å². The molecule has 0 saturated carbocycles. The molecule has 21 heavy (non-hydrogen) atoms. The molecule has 0 unspecified atom stereocenters. The summed E-state index contributed by atoms with van der Waals surface area (Å²) in [7, 11) is 0. The average Bonchev–Trinajstić information content (AvgIpc) is 2.54. The lowest BCUT2D eigenvalue weighted by Gasteiger charge is -2.08. The number of pyridine rings is 1. The molecule has 3 aromatic rings. The van der Waals surface area contributed by atoms with E-state index in [-0.39, 0.29) is 0 Å². The number of aromatic nitrogens is 3. The smallest absolute Gasteiger partial charge is 0.161 e. The molecular weight excluding hydrogens is 260 g/mol. The number of anilines is 1. The summed E-state index contributed by atoms with van der Waals surface area (Å²) in [6.07, 6.45) is 2.70. The number of benzene rings is 1. The normalized spacial score (nSPS) is 10.8. The van der Waals surface area contributed by atoms with Gasteiger partial charge in [0.15, 0.2) is 5.82 Å². The quantitative estimate of drug-likeness (QED) is 0.791. The van der Waals surface area contributed by atoms with Crippen molar-refractivity contribution in [1.29, 1.82) is 0 Å². The van der Waals surface area contributed by atoms with Crippen molar-refractivity contribution in [2.75, 3.05) is 11.9 Å². The van der Waals surface area contributed by atoms with E-state index in [0.717, 1.165) is 46.8 Å². The Morgan fingerprint density at radius 1 is 1.05 bits per heavy atom. The molecule has 4 heteroatoms. The number of hydrogen-bond acceptors (Lipinski definition) is 4. The van der Waals surface area contributed by atoms with Crippen molar-refractivity contribution in [1.82, 2.24) is 15.0 Å².